The lowest BCUT2D eigenvalue weighted by atomic mass is 10.8. The van der Waals surface area contributed by atoms with Gasteiger partial charge >= 0.3 is 0 Å². The first-order chi connectivity index (χ1) is 5.61. The van der Waals surface area contributed by atoms with Crippen LogP contribution in [0.15, 0.2) is 0 Å². The average molecular weight is 204 g/mol. The summed E-state index contributed by atoms with van der Waals surface area (Å²) >= 11 is 0. The fraction of sp³-hybridized carbons (Fsp3) is 1.00. The Morgan fingerprint density at radius 2 is 1.75 bits per heavy atom. The van der Waals surface area contributed by atoms with Gasteiger partial charge in [0.25, 0.3) is 0 Å². The Kier molecular flexibility index (Phi) is 7.03. The summed E-state index contributed by atoms with van der Waals surface area (Å²) in [6.07, 6.45) is 0. The molecular weight excluding hydrogens is 180 g/mol. The van der Waals surface area contributed by atoms with Crippen LogP contribution in [0.5, 0.6) is 0 Å². The molecule has 0 saturated carbocycles. The summed E-state index contributed by atoms with van der Waals surface area (Å²) in [5, 5.41) is 0. The van der Waals surface area contributed by atoms with E-state index in [2.05, 4.69) is 43.6 Å². The van der Waals surface area contributed by atoms with E-state index < -0.39 is 8.96 Å². The van der Waals surface area contributed by atoms with Gasteiger partial charge in [-0.2, -0.15) is 0 Å². The van der Waals surface area contributed by atoms with Crippen LogP contribution in [-0.2, 0) is 0 Å². The van der Waals surface area contributed by atoms with Gasteiger partial charge in [-0.3, -0.25) is 0 Å². The van der Waals surface area contributed by atoms with Crippen molar-refractivity contribution >= 4 is 18.6 Å². The second kappa shape index (κ2) is 6.83. The van der Waals surface area contributed by atoms with Gasteiger partial charge in [0, 0.05) is 0 Å². The first-order valence-corrected chi connectivity index (χ1v) is 9.12. The lowest BCUT2D eigenvalue weighted by Crippen LogP contribution is -2.37. The van der Waals surface area contributed by atoms with Crippen LogP contribution in [0.4, 0.5) is 0 Å². The van der Waals surface area contributed by atoms with Crippen LogP contribution < -0.4 is 0 Å². The van der Waals surface area contributed by atoms with E-state index in [1.54, 1.807) is 5.67 Å². The monoisotopic (exact) mass is 204 g/mol. The Balaban J connectivity index is 3.49. The number of hydrogen-bond acceptors (Lipinski definition) is 2. The number of rotatable bonds is 6. The first kappa shape index (κ1) is 12.4. The topological polar surface area (TPSA) is 6.48 Å². The predicted octanol–water partition coefficient (Wildman–Crippen LogP) is 0.285. The van der Waals surface area contributed by atoms with E-state index in [9.17, 15) is 0 Å². The molecule has 1 unspecified atom stereocenters. The van der Waals surface area contributed by atoms with Gasteiger partial charge in [-0.05, 0) is 32.9 Å². The van der Waals surface area contributed by atoms with Gasteiger partial charge < -0.3 is 9.13 Å². The van der Waals surface area contributed by atoms with Crippen molar-refractivity contribution in [2.75, 3.05) is 27.2 Å². The minimum absolute atomic E-state index is 0.0895. The van der Waals surface area contributed by atoms with Crippen LogP contribution in [-0.4, -0.2) is 55.0 Å². The Morgan fingerprint density at radius 1 is 1.17 bits per heavy atom. The third-order valence-electron chi connectivity index (χ3n) is 2.72. The second-order valence-electron chi connectivity index (χ2n) is 3.61. The van der Waals surface area contributed by atoms with Gasteiger partial charge in [-0.25, -0.2) is 0 Å². The third-order valence-corrected chi connectivity index (χ3v) is 10.2. The van der Waals surface area contributed by atoms with E-state index in [4.69, 9.17) is 0 Å². The van der Waals surface area contributed by atoms with Crippen molar-refractivity contribution in [2.45, 2.75) is 26.1 Å². The Labute approximate surface area is 81.5 Å². The van der Waals surface area contributed by atoms with Gasteiger partial charge in [-0.1, -0.05) is 20.4 Å². The zero-order valence-corrected chi connectivity index (χ0v) is 11.9. The van der Waals surface area contributed by atoms with E-state index in [1.807, 2.05) is 0 Å². The average Bonchev–Trinajstić information content (AvgIpc) is 2.11. The van der Waals surface area contributed by atoms with Crippen molar-refractivity contribution in [2.24, 2.45) is 0 Å². The van der Waals surface area contributed by atoms with Crippen molar-refractivity contribution in [1.29, 1.82) is 0 Å². The lowest BCUT2D eigenvalue weighted by Gasteiger charge is -2.23. The molecule has 12 heavy (non-hydrogen) atoms. The number of hydrogen-bond donors (Lipinski definition) is 0. The van der Waals surface area contributed by atoms with Gasteiger partial charge in [-0.15, -0.1) is 0 Å². The molecular formula is C8H24N2Si2. The standard InChI is InChI=1S/C8H24N2Si2/c1-6-9(3)11-8-12(5)10(4)7-2/h12H,6-8,11H2,1-5H3. The fourth-order valence-electron chi connectivity index (χ4n) is 1.10. The molecule has 0 rings (SSSR count). The molecule has 0 heterocycles. The Morgan fingerprint density at radius 3 is 2.17 bits per heavy atom. The molecule has 0 aromatic rings. The molecule has 0 bridgehead atoms. The molecule has 0 aliphatic carbocycles. The molecule has 0 aromatic heterocycles. The minimum atomic E-state index is -0.513. The molecule has 0 amide bonds. The molecule has 2 nitrogen and oxygen atoms in total. The van der Waals surface area contributed by atoms with E-state index in [0.717, 1.165) is 0 Å². The highest BCUT2D eigenvalue weighted by Crippen LogP contribution is 1.97. The van der Waals surface area contributed by atoms with Crippen LogP contribution in [0.2, 0.25) is 12.2 Å². The van der Waals surface area contributed by atoms with Gasteiger partial charge in [0.1, 0.15) is 8.96 Å². The lowest BCUT2D eigenvalue weighted by molar-refractivity contribution is 0.547. The van der Waals surface area contributed by atoms with Crippen LogP contribution >= 0.6 is 0 Å². The highest BCUT2D eigenvalue weighted by molar-refractivity contribution is 6.65. The predicted molar refractivity (Wildman–Crippen MR) is 63.0 cm³/mol. The normalized spacial score (nSPS) is 15.2. The zero-order chi connectivity index (χ0) is 9.56. The molecule has 0 aromatic carbocycles. The molecule has 0 fully saturated rings. The summed E-state index contributed by atoms with van der Waals surface area (Å²) in [5.74, 6) is 0. The zero-order valence-electron chi connectivity index (χ0n) is 9.30. The van der Waals surface area contributed by atoms with Crippen LogP contribution in [0, 0.1) is 0 Å². The quantitative estimate of drug-likeness (QED) is 0.574. The maximum Gasteiger partial charge on any atom is 0.106 e. The number of nitrogens with zero attached hydrogens (tertiary/aromatic N) is 2. The Hall–Kier alpha value is 0.354. The van der Waals surface area contributed by atoms with Crippen molar-refractivity contribution in [3.05, 3.63) is 0 Å². The molecule has 74 valence electrons. The van der Waals surface area contributed by atoms with E-state index >= 15 is 0 Å². The maximum absolute atomic E-state index is 2.57. The molecule has 0 N–H and O–H groups in total. The molecule has 0 saturated heterocycles. The first-order valence-electron chi connectivity index (χ1n) is 5.00. The van der Waals surface area contributed by atoms with Crippen molar-refractivity contribution < 1.29 is 0 Å². The molecule has 0 aliphatic heterocycles. The van der Waals surface area contributed by atoms with Gasteiger partial charge in [0.2, 0.25) is 0 Å². The molecule has 4 heteroatoms. The van der Waals surface area contributed by atoms with Crippen molar-refractivity contribution in [3.63, 3.8) is 0 Å². The van der Waals surface area contributed by atoms with Crippen LogP contribution in [0.1, 0.15) is 13.8 Å². The van der Waals surface area contributed by atoms with E-state index in [0.29, 0.717) is 0 Å². The summed E-state index contributed by atoms with van der Waals surface area (Å²) in [6.45, 7) is 9.46. The minimum Gasteiger partial charge on any atom is -0.332 e. The molecule has 0 spiro atoms. The SMILES string of the molecule is CCN(C)[SiH2]C[SiH](C)N(C)CC. The summed E-state index contributed by atoms with van der Waals surface area (Å²) in [7, 11) is 4.11. The highest BCUT2D eigenvalue weighted by atomic mass is 28.3. The smallest absolute Gasteiger partial charge is 0.106 e. The summed E-state index contributed by atoms with van der Waals surface area (Å²) in [4.78, 5) is 0. The van der Waals surface area contributed by atoms with E-state index in [-0.39, 0.29) is 9.68 Å². The third kappa shape index (κ3) is 5.08. The van der Waals surface area contributed by atoms with Gasteiger partial charge in [0.15, 0.2) is 0 Å². The summed E-state index contributed by atoms with van der Waals surface area (Å²) < 4.78 is 5.10. The summed E-state index contributed by atoms with van der Waals surface area (Å²) in [6, 6.07) is 0. The summed E-state index contributed by atoms with van der Waals surface area (Å²) in [5.41, 5.74) is 1.55. The molecule has 1 atom stereocenters. The molecule has 0 aliphatic rings. The largest absolute Gasteiger partial charge is 0.332 e. The maximum atomic E-state index is 2.57. The van der Waals surface area contributed by atoms with Crippen molar-refractivity contribution in [1.82, 2.24) is 9.13 Å². The molecule has 0 radical (unpaired) electrons. The van der Waals surface area contributed by atoms with Crippen molar-refractivity contribution in [3.8, 4) is 0 Å². The van der Waals surface area contributed by atoms with Crippen LogP contribution in [0.3, 0.4) is 0 Å². The fourth-order valence-corrected chi connectivity index (χ4v) is 7.06. The van der Waals surface area contributed by atoms with Gasteiger partial charge in [0.05, 0.1) is 9.68 Å². The van der Waals surface area contributed by atoms with E-state index in [1.165, 1.54) is 13.1 Å². The highest BCUT2D eigenvalue weighted by Gasteiger charge is 2.09. The Bertz CT molecular complexity index is 111. The van der Waals surface area contributed by atoms with Crippen LogP contribution in [0.25, 0.3) is 0 Å². The second-order valence-corrected chi connectivity index (χ2v) is 10.0.